The third-order valence-corrected chi connectivity index (χ3v) is 12.9. The summed E-state index contributed by atoms with van der Waals surface area (Å²) in [4.78, 5) is 9.48. The minimum absolute atomic E-state index is 0. The second-order valence-electron chi connectivity index (χ2n) is 18.7. The van der Waals surface area contributed by atoms with Gasteiger partial charge in [-0.05, 0) is 80.9 Å². The molecule has 0 saturated heterocycles. The summed E-state index contributed by atoms with van der Waals surface area (Å²) in [5.41, 5.74) is 11.6. The number of rotatable bonds is 9. The quantitative estimate of drug-likeness (QED) is 0.135. The molecule has 2 aromatic heterocycles. The van der Waals surface area contributed by atoms with Gasteiger partial charge in [0.2, 0.25) is 0 Å². The van der Waals surface area contributed by atoms with Crippen LogP contribution >= 0.6 is 0 Å². The molecule has 0 amide bonds. The number of pyridine rings is 1. The molecule has 9 aromatic rings. The van der Waals surface area contributed by atoms with Crippen molar-refractivity contribution in [1.82, 2.24) is 9.55 Å². The van der Waals surface area contributed by atoms with Gasteiger partial charge < -0.3 is 19.1 Å². The first-order valence-corrected chi connectivity index (χ1v) is 21.8. The van der Waals surface area contributed by atoms with E-state index < -0.39 is 0 Å². The van der Waals surface area contributed by atoms with Gasteiger partial charge in [0.05, 0.1) is 0 Å². The first-order chi connectivity index (χ1) is 30.4. The minimum atomic E-state index is -0.354. The summed E-state index contributed by atoms with van der Waals surface area (Å²) in [6, 6.07) is 67.5. The maximum atomic E-state index is 6.93. The van der Waals surface area contributed by atoms with E-state index >= 15 is 0 Å². The maximum Gasteiger partial charge on any atom is 0.135 e. The molecule has 322 valence electrons. The fourth-order valence-corrected chi connectivity index (χ4v) is 8.97. The largest absolute Gasteiger partial charge is 0.509 e. The van der Waals surface area contributed by atoms with Crippen LogP contribution in [0.5, 0.6) is 11.5 Å². The Labute approximate surface area is 392 Å². The van der Waals surface area contributed by atoms with Crippen LogP contribution in [0.2, 0.25) is 0 Å². The number of hydrogen-bond donors (Lipinski definition) is 0. The van der Waals surface area contributed by atoms with Crippen molar-refractivity contribution in [3.63, 3.8) is 0 Å². The van der Waals surface area contributed by atoms with Gasteiger partial charge in [-0.2, -0.15) is 6.07 Å². The number of ether oxygens (including phenoxy) is 1. The molecule has 0 atom stereocenters. The molecule has 0 radical (unpaired) electrons. The monoisotopic (exact) mass is 1010 g/mol. The third-order valence-electron chi connectivity index (χ3n) is 12.9. The molecule has 64 heavy (non-hydrogen) atoms. The van der Waals surface area contributed by atoms with Crippen molar-refractivity contribution < 1.29 is 25.8 Å². The van der Waals surface area contributed by atoms with Gasteiger partial charge in [0.1, 0.15) is 5.82 Å². The zero-order valence-corrected chi connectivity index (χ0v) is 39.6. The summed E-state index contributed by atoms with van der Waals surface area (Å²) in [5, 5.41) is 2.21. The van der Waals surface area contributed by atoms with Crippen LogP contribution < -0.4 is 14.5 Å². The molecule has 5 nitrogen and oxygen atoms in total. The molecule has 1 aliphatic rings. The summed E-state index contributed by atoms with van der Waals surface area (Å²) in [7, 11) is 0. The molecular weight excluding hydrogens is 964 g/mol. The molecule has 6 heteroatoms. The smallest absolute Gasteiger partial charge is 0.135 e. The Bertz CT molecular complexity index is 3130. The van der Waals surface area contributed by atoms with E-state index in [1.165, 1.54) is 22.3 Å². The number of hydrogen-bond acceptors (Lipinski definition) is 4. The first kappa shape index (κ1) is 42.9. The molecule has 3 heterocycles. The molecule has 0 spiro atoms. The van der Waals surface area contributed by atoms with Crippen LogP contribution in [-0.4, -0.2) is 9.55 Å². The number of fused-ring (bicyclic) bond motifs is 4. The van der Waals surface area contributed by atoms with Crippen LogP contribution in [0.25, 0.3) is 27.6 Å². The summed E-state index contributed by atoms with van der Waals surface area (Å²) in [6.45, 7) is 18.0. The van der Waals surface area contributed by atoms with Crippen molar-refractivity contribution in [3.05, 3.63) is 223 Å². The second-order valence-corrected chi connectivity index (χ2v) is 18.7. The standard InChI is InChI=1S/C58H51N4O.Pt/c1-56(2,3)42-23-18-24-45(33-42)60-39-61(53-28-17-16-27-52(53)60)46-34-44(58(6,7)41-21-12-9-13-22-41)35-48(37-46)63-47-29-30-50-49-25-14-15-26-51(49)62(54(50)38-47)55-36-43(31-32-59-55)57(4,5)40-19-10-8-11-20-40;/h8-36,39H,1-7H3;/q-3;. The Kier molecular flexibility index (Phi) is 11.1. The van der Waals surface area contributed by atoms with Gasteiger partial charge in [-0.25, -0.2) is 4.98 Å². The predicted octanol–water partition coefficient (Wildman–Crippen LogP) is 14.9. The van der Waals surface area contributed by atoms with Crippen LogP contribution in [0, 0.1) is 18.8 Å². The van der Waals surface area contributed by atoms with Gasteiger partial charge in [0, 0.05) is 66.8 Å². The summed E-state index contributed by atoms with van der Waals surface area (Å²) >= 11 is 0. The minimum Gasteiger partial charge on any atom is -0.509 e. The summed E-state index contributed by atoms with van der Waals surface area (Å²) < 4.78 is 9.15. The first-order valence-electron chi connectivity index (χ1n) is 21.8. The van der Waals surface area contributed by atoms with Crippen molar-refractivity contribution in [1.29, 1.82) is 0 Å². The van der Waals surface area contributed by atoms with Gasteiger partial charge in [0.15, 0.2) is 0 Å². The van der Waals surface area contributed by atoms with Crippen LogP contribution in [0.4, 0.5) is 22.7 Å². The number of para-hydroxylation sites is 3. The van der Waals surface area contributed by atoms with Crippen molar-refractivity contribution in [3.8, 4) is 17.3 Å². The molecule has 0 N–H and O–H groups in total. The molecule has 0 saturated carbocycles. The Balaban J connectivity index is 0.00000518. The van der Waals surface area contributed by atoms with E-state index in [1.807, 2.05) is 12.3 Å². The zero-order chi connectivity index (χ0) is 43.5. The van der Waals surface area contributed by atoms with Crippen molar-refractivity contribution >= 4 is 44.6 Å². The number of benzene rings is 7. The zero-order valence-electron chi connectivity index (χ0n) is 37.3. The fourth-order valence-electron chi connectivity index (χ4n) is 8.97. The van der Waals surface area contributed by atoms with Gasteiger partial charge in [-0.3, -0.25) is 0 Å². The number of anilines is 4. The fraction of sp³-hybridized carbons (Fsp3) is 0.172. The van der Waals surface area contributed by atoms with E-state index in [4.69, 9.17) is 9.72 Å². The van der Waals surface area contributed by atoms with Crippen LogP contribution in [0.15, 0.2) is 176 Å². The van der Waals surface area contributed by atoms with E-state index in [2.05, 4.69) is 245 Å². The Morgan fingerprint density at radius 3 is 1.83 bits per heavy atom. The third kappa shape index (κ3) is 7.71. The molecule has 0 unspecified atom stereocenters. The Hall–Kier alpha value is -6.42. The Morgan fingerprint density at radius 1 is 0.500 bits per heavy atom. The summed E-state index contributed by atoms with van der Waals surface area (Å²) in [6.07, 6.45) is 1.92. The van der Waals surface area contributed by atoms with Crippen molar-refractivity contribution in [2.45, 2.75) is 64.7 Å². The molecule has 0 aliphatic carbocycles. The van der Waals surface area contributed by atoms with Crippen molar-refractivity contribution in [2.75, 3.05) is 9.80 Å². The van der Waals surface area contributed by atoms with E-state index in [1.54, 1.807) is 0 Å². The van der Waals surface area contributed by atoms with Gasteiger partial charge in [0.25, 0.3) is 0 Å². The molecule has 1 aliphatic heterocycles. The predicted molar refractivity (Wildman–Crippen MR) is 260 cm³/mol. The molecular formula is C58H51N4OPt-3. The topological polar surface area (TPSA) is 33.5 Å². The van der Waals surface area contributed by atoms with E-state index in [0.717, 1.165) is 55.9 Å². The molecule has 0 fully saturated rings. The van der Waals surface area contributed by atoms with E-state index in [0.29, 0.717) is 11.5 Å². The van der Waals surface area contributed by atoms with Gasteiger partial charge in [-0.1, -0.05) is 157 Å². The van der Waals surface area contributed by atoms with Crippen LogP contribution in [0.3, 0.4) is 0 Å². The second kappa shape index (κ2) is 16.6. The average molecular weight is 1020 g/mol. The summed E-state index contributed by atoms with van der Waals surface area (Å²) in [5.74, 6) is 2.03. The SMILES string of the molecule is CC(C)(C)c1cccc(N2[CH-]N(c3[c-]c(Oc4[c-]c5c(cc4)c4ccccc4n5-c4cc(C(C)(C)c5ccccc5)ccn4)cc(C(C)(C)c4ccccc4)c3)c3ccccc32)c1.[Pt]. The molecule has 10 rings (SSSR count). The Morgan fingerprint density at radius 2 is 1.12 bits per heavy atom. The molecule has 0 bridgehead atoms. The van der Waals surface area contributed by atoms with Gasteiger partial charge >= 0.3 is 0 Å². The maximum absolute atomic E-state index is 6.93. The average Bonchev–Trinajstić information content (AvgIpc) is 3.85. The van der Waals surface area contributed by atoms with Crippen molar-refractivity contribution in [2.24, 2.45) is 0 Å². The van der Waals surface area contributed by atoms with Gasteiger partial charge in [-0.15, -0.1) is 53.6 Å². The van der Waals surface area contributed by atoms with Crippen LogP contribution in [0.1, 0.15) is 76.3 Å². The molecule has 7 aromatic carbocycles. The van der Waals surface area contributed by atoms with Crippen LogP contribution in [-0.2, 0) is 37.3 Å². The van der Waals surface area contributed by atoms with E-state index in [-0.39, 0.29) is 37.3 Å². The number of aromatic nitrogens is 2. The number of nitrogens with zero attached hydrogens (tertiary/aromatic N) is 4. The van der Waals surface area contributed by atoms with E-state index in [9.17, 15) is 0 Å². The normalized spacial score (nSPS) is 13.0.